The van der Waals surface area contributed by atoms with Crippen LogP contribution in [0.2, 0.25) is 0 Å². The van der Waals surface area contributed by atoms with E-state index in [1.165, 1.54) is 4.88 Å². The van der Waals surface area contributed by atoms with Gasteiger partial charge in [-0.3, -0.25) is 9.69 Å². The number of ether oxygens (including phenoxy) is 2. The summed E-state index contributed by atoms with van der Waals surface area (Å²) in [6.07, 6.45) is 7.89. The standard InChI is InChI=1S/C21H26N2O4S/c24-21(25)15-5-6-17-18(15)19-16(7-8-22-20(19)28-17)27-14-3-1-13(2-4-14)23-9-11-26-12-10-23/h7-8,13-15H,1-6,9-12H2,(H,24,25)/t13-,14-,15-/m0/s1. The quantitative estimate of drug-likeness (QED) is 0.845. The second-order valence-corrected chi connectivity index (χ2v) is 9.14. The van der Waals surface area contributed by atoms with Crippen LogP contribution in [0, 0.1) is 0 Å². The molecule has 5 rings (SSSR count). The van der Waals surface area contributed by atoms with Crippen LogP contribution in [0.5, 0.6) is 5.75 Å². The Hall–Kier alpha value is -1.70. The van der Waals surface area contributed by atoms with Crippen LogP contribution in [0.4, 0.5) is 0 Å². The van der Waals surface area contributed by atoms with Crippen molar-refractivity contribution in [2.45, 2.75) is 56.6 Å². The van der Waals surface area contributed by atoms with Crippen molar-refractivity contribution in [1.29, 1.82) is 0 Å². The van der Waals surface area contributed by atoms with Gasteiger partial charge in [-0.1, -0.05) is 0 Å². The SMILES string of the molecule is O=C(O)[C@H]1CCc2sc3nccc(O[C@H]4CC[C@H](N5CCOCC5)CC4)c3c21. The minimum absolute atomic E-state index is 0.197. The smallest absolute Gasteiger partial charge is 0.311 e. The highest BCUT2D eigenvalue weighted by atomic mass is 32.1. The lowest BCUT2D eigenvalue weighted by Gasteiger charge is -2.38. The van der Waals surface area contributed by atoms with Crippen LogP contribution in [0.1, 0.15) is 48.5 Å². The number of aromatic nitrogens is 1. The molecule has 0 aromatic carbocycles. The number of aryl methyl sites for hydroxylation is 1. The van der Waals surface area contributed by atoms with Crippen molar-refractivity contribution in [3.8, 4) is 5.75 Å². The minimum atomic E-state index is -0.737. The third-order valence-corrected chi connectivity index (χ3v) is 7.65. The number of carboxylic acids is 1. The van der Waals surface area contributed by atoms with E-state index in [1.54, 1.807) is 17.5 Å². The number of thiophene rings is 1. The van der Waals surface area contributed by atoms with Crippen LogP contribution >= 0.6 is 11.3 Å². The van der Waals surface area contributed by atoms with E-state index in [0.717, 1.165) is 79.9 Å². The van der Waals surface area contributed by atoms with E-state index in [2.05, 4.69) is 9.88 Å². The van der Waals surface area contributed by atoms with E-state index in [0.29, 0.717) is 12.5 Å². The Morgan fingerprint density at radius 2 is 2.00 bits per heavy atom. The number of fused-ring (bicyclic) bond motifs is 3. The van der Waals surface area contributed by atoms with Crippen molar-refractivity contribution in [3.05, 3.63) is 22.7 Å². The van der Waals surface area contributed by atoms with E-state index in [1.807, 2.05) is 6.07 Å². The molecule has 0 amide bonds. The first-order valence-electron chi connectivity index (χ1n) is 10.3. The summed E-state index contributed by atoms with van der Waals surface area (Å²) >= 11 is 1.63. The predicted octanol–water partition coefficient (Wildman–Crippen LogP) is 3.43. The first kappa shape index (κ1) is 18.3. The van der Waals surface area contributed by atoms with Gasteiger partial charge in [0, 0.05) is 30.2 Å². The van der Waals surface area contributed by atoms with Gasteiger partial charge in [-0.05, 0) is 50.2 Å². The molecule has 1 saturated heterocycles. The van der Waals surface area contributed by atoms with Crippen LogP contribution in [0.15, 0.2) is 12.3 Å². The summed E-state index contributed by atoms with van der Waals surface area (Å²) in [5.41, 5.74) is 0.956. The maximum atomic E-state index is 11.7. The second kappa shape index (κ2) is 7.61. The molecule has 3 heterocycles. The molecule has 0 bridgehead atoms. The number of hydrogen-bond donors (Lipinski definition) is 1. The number of hydrogen-bond acceptors (Lipinski definition) is 6. The fourth-order valence-electron chi connectivity index (χ4n) is 5.03. The van der Waals surface area contributed by atoms with Crippen molar-refractivity contribution >= 4 is 27.5 Å². The number of rotatable bonds is 4. The van der Waals surface area contributed by atoms with Gasteiger partial charge in [0.05, 0.1) is 30.6 Å². The van der Waals surface area contributed by atoms with Gasteiger partial charge in [-0.2, -0.15) is 0 Å². The number of morpholine rings is 1. The third kappa shape index (κ3) is 3.29. The summed E-state index contributed by atoms with van der Waals surface area (Å²) in [6, 6.07) is 2.56. The molecular formula is C21H26N2O4S. The van der Waals surface area contributed by atoms with E-state index in [4.69, 9.17) is 9.47 Å². The first-order valence-corrected chi connectivity index (χ1v) is 11.1. The molecule has 1 saturated carbocycles. The van der Waals surface area contributed by atoms with Gasteiger partial charge in [0.2, 0.25) is 0 Å². The monoisotopic (exact) mass is 402 g/mol. The molecule has 1 N–H and O–H groups in total. The van der Waals surface area contributed by atoms with Crippen molar-refractivity contribution in [2.75, 3.05) is 26.3 Å². The molecule has 1 atom stereocenters. The molecule has 2 aromatic rings. The lowest BCUT2D eigenvalue weighted by Crippen LogP contribution is -2.46. The number of aliphatic carboxylic acids is 1. The molecule has 150 valence electrons. The molecule has 7 heteroatoms. The largest absolute Gasteiger partial charge is 0.490 e. The zero-order valence-electron chi connectivity index (χ0n) is 15.9. The predicted molar refractivity (Wildman–Crippen MR) is 107 cm³/mol. The average molecular weight is 403 g/mol. The molecule has 2 fully saturated rings. The fourth-order valence-corrected chi connectivity index (χ4v) is 6.27. The molecule has 6 nitrogen and oxygen atoms in total. The van der Waals surface area contributed by atoms with E-state index >= 15 is 0 Å². The van der Waals surface area contributed by atoms with Gasteiger partial charge in [-0.25, -0.2) is 4.98 Å². The molecule has 1 aliphatic heterocycles. The Morgan fingerprint density at radius 3 is 2.75 bits per heavy atom. The molecular weight excluding hydrogens is 376 g/mol. The fraction of sp³-hybridized carbons (Fsp3) is 0.619. The molecule has 2 aliphatic carbocycles. The van der Waals surface area contributed by atoms with Crippen molar-refractivity contribution < 1.29 is 19.4 Å². The van der Waals surface area contributed by atoms with Crippen LogP contribution in [-0.4, -0.2) is 59.4 Å². The van der Waals surface area contributed by atoms with Crippen LogP contribution in [-0.2, 0) is 16.0 Å². The Labute approximate surface area is 168 Å². The average Bonchev–Trinajstić information content (AvgIpc) is 3.28. The summed E-state index contributed by atoms with van der Waals surface area (Å²) in [5, 5.41) is 10.6. The van der Waals surface area contributed by atoms with Gasteiger partial charge in [-0.15, -0.1) is 11.3 Å². The van der Waals surface area contributed by atoms with Gasteiger partial charge < -0.3 is 14.6 Å². The van der Waals surface area contributed by atoms with Gasteiger partial charge in [0.15, 0.2) is 0 Å². The minimum Gasteiger partial charge on any atom is -0.490 e. The van der Waals surface area contributed by atoms with Crippen molar-refractivity contribution in [1.82, 2.24) is 9.88 Å². The Balaban J connectivity index is 1.33. The Bertz CT molecular complexity index is 869. The van der Waals surface area contributed by atoms with Crippen LogP contribution in [0.25, 0.3) is 10.2 Å². The highest BCUT2D eigenvalue weighted by Gasteiger charge is 2.35. The van der Waals surface area contributed by atoms with Gasteiger partial charge in [0.25, 0.3) is 0 Å². The Kier molecular flexibility index (Phi) is 4.99. The molecule has 0 radical (unpaired) electrons. The van der Waals surface area contributed by atoms with Crippen molar-refractivity contribution in [2.24, 2.45) is 0 Å². The molecule has 0 unspecified atom stereocenters. The van der Waals surface area contributed by atoms with E-state index in [-0.39, 0.29) is 6.10 Å². The summed E-state index contributed by atoms with van der Waals surface area (Å²) in [5.74, 6) is -0.336. The summed E-state index contributed by atoms with van der Waals surface area (Å²) in [4.78, 5) is 20.9. The molecule has 28 heavy (non-hydrogen) atoms. The normalized spacial score (nSPS) is 28.4. The zero-order chi connectivity index (χ0) is 19.1. The zero-order valence-corrected chi connectivity index (χ0v) is 16.7. The molecule has 0 spiro atoms. The summed E-state index contributed by atoms with van der Waals surface area (Å²) in [6.45, 7) is 3.77. The first-order chi connectivity index (χ1) is 13.7. The number of nitrogens with zero attached hydrogens (tertiary/aromatic N) is 2. The molecule has 2 aromatic heterocycles. The van der Waals surface area contributed by atoms with Crippen molar-refractivity contribution in [3.63, 3.8) is 0 Å². The molecule has 3 aliphatic rings. The number of carboxylic acid groups (broad SMARTS) is 1. The lowest BCUT2D eigenvalue weighted by molar-refractivity contribution is -0.138. The number of carbonyl (C=O) groups is 1. The Morgan fingerprint density at radius 1 is 1.21 bits per heavy atom. The van der Waals surface area contributed by atoms with Crippen LogP contribution in [0.3, 0.4) is 0 Å². The lowest BCUT2D eigenvalue weighted by atomic mass is 9.91. The number of pyridine rings is 1. The third-order valence-electron chi connectivity index (χ3n) is 6.47. The van der Waals surface area contributed by atoms with Crippen LogP contribution < -0.4 is 4.74 Å². The van der Waals surface area contributed by atoms with Gasteiger partial charge >= 0.3 is 5.97 Å². The highest BCUT2D eigenvalue weighted by Crippen LogP contribution is 2.47. The van der Waals surface area contributed by atoms with E-state index < -0.39 is 11.9 Å². The highest BCUT2D eigenvalue weighted by molar-refractivity contribution is 7.19. The maximum Gasteiger partial charge on any atom is 0.311 e. The maximum absolute atomic E-state index is 11.7. The second-order valence-electron chi connectivity index (χ2n) is 8.05. The van der Waals surface area contributed by atoms with E-state index in [9.17, 15) is 9.90 Å². The summed E-state index contributed by atoms with van der Waals surface area (Å²) < 4.78 is 11.9. The topological polar surface area (TPSA) is 71.9 Å². The summed E-state index contributed by atoms with van der Waals surface area (Å²) in [7, 11) is 0. The van der Waals surface area contributed by atoms with Gasteiger partial charge in [0.1, 0.15) is 10.6 Å².